The third-order valence-corrected chi connectivity index (χ3v) is 7.65. The van der Waals surface area contributed by atoms with Gasteiger partial charge in [0.15, 0.2) is 0 Å². The molecule has 1 atom stereocenters. The first-order valence-corrected chi connectivity index (χ1v) is 13.8. The summed E-state index contributed by atoms with van der Waals surface area (Å²) in [5.74, 6) is -0.236. The van der Waals surface area contributed by atoms with Gasteiger partial charge in [-0.2, -0.15) is 0 Å². The first kappa shape index (κ1) is 26.5. The molecule has 1 aliphatic carbocycles. The molecule has 202 valence electrons. The Kier molecular flexibility index (Phi) is 8.25. The van der Waals surface area contributed by atoms with Crippen LogP contribution in [0.5, 0.6) is 0 Å². The van der Waals surface area contributed by atoms with Crippen LogP contribution in [0.25, 0.3) is 10.9 Å². The summed E-state index contributed by atoms with van der Waals surface area (Å²) in [5, 5.41) is 4.32. The second kappa shape index (κ2) is 12.2. The molecule has 0 spiro atoms. The van der Waals surface area contributed by atoms with Crippen molar-refractivity contribution < 1.29 is 9.59 Å². The minimum absolute atomic E-state index is 0.107. The zero-order valence-corrected chi connectivity index (χ0v) is 22.8. The number of rotatable bonds is 9. The number of aromatic nitrogens is 2. The van der Waals surface area contributed by atoms with Gasteiger partial charge in [0.2, 0.25) is 11.8 Å². The molecule has 1 aliphatic rings. The van der Waals surface area contributed by atoms with Crippen LogP contribution in [-0.2, 0) is 22.6 Å². The Bertz CT molecular complexity index is 1390. The lowest BCUT2D eigenvalue weighted by atomic mass is 9.94. The fraction of sp³-hybridized carbons (Fsp3) is 0.344. The standard InChI is InChI=1S/C32H37N5O2/c1-36(2)27-16-14-24(15-17-27)31(32(39)35-26-10-4-3-5-11-26)37(22-23-9-8-18-33-20-23)30(38)19-25-21-34-29-13-7-6-12-28(25)29/h6-9,12-18,20-21,26,31,34H,3-5,10-11,19,22H2,1-2H3,(H,35,39). The van der Waals surface area contributed by atoms with E-state index >= 15 is 0 Å². The summed E-state index contributed by atoms with van der Waals surface area (Å²) in [5.41, 5.74) is 4.62. The largest absolute Gasteiger partial charge is 0.378 e. The summed E-state index contributed by atoms with van der Waals surface area (Å²) >= 11 is 0. The van der Waals surface area contributed by atoms with E-state index < -0.39 is 6.04 Å². The third-order valence-electron chi connectivity index (χ3n) is 7.65. The molecule has 39 heavy (non-hydrogen) atoms. The maximum atomic E-state index is 14.1. The van der Waals surface area contributed by atoms with Crippen molar-refractivity contribution in [3.8, 4) is 0 Å². The zero-order valence-electron chi connectivity index (χ0n) is 22.8. The van der Waals surface area contributed by atoms with Crippen LogP contribution in [-0.4, -0.2) is 46.8 Å². The number of amides is 2. The lowest BCUT2D eigenvalue weighted by molar-refractivity contribution is -0.141. The molecular weight excluding hydrogens is 486 g/mol. The number of carbonyl (C=O) groups excluding carboxylic acids is 2. The van der Waals surface area contributed by atoms with Crippen LogP contribution in [0.1, 0.15) is 54.8 Å². The molecule has 2 amide bonds. The van der Waals surface area contributed by atoms with Crippen molar-refractivity contribution in [3.05, 3.63) is 95.9 Å². The second-order valence-electron chi connectivity index (χ2n) is 10.7. The SMILES string of the molecule is CN(C)c1ccc(C(C(=O)NC2CCCCC2)N(Cc2cccnc2)C(=O)Cc2c[nH]c3ccccc23)cc1. The lowest BCUT2D eigenvalue weighted by Crippen LogP contribution is -2.47. The normalized spacial score (nSPS) is 14.6. The minimum atomic E-state index is -0.763. The molecule has 1 unspecified atom stereocenters. The maximum absolute atomic E-state index is 14.1. The highest BCUT2D eigenvalue weighted by Crippen LogP contribution is 2.29. The Balaban J connectivity index is 1.52. The lowest BCUT2D eigenvalue weighted by Gasteiger charge is -2.33. The number of nitrogens with one attached hydrogen (secondary N) is 2. The van der Waals surface area contributed by atoms with Crippen LogP contribution in [0.2, 0.25) is 0 Å². The zero-order chi connectivity index (χ0) is 27.2. The number of H-pyrrole nitrogens is 1. The van der Waals surface area contributed by atoms with E-state index in [9.17, 15) is 9.59 Å². The molecule has 2 aromatic carbocycles. The summed E-state index contributed by atoms with van der Waals surface area (Å²) in [6.07, 6.45) is 11.0. The van der Waals surface area contributed by atoms with Gasteiger partial charge in [-0.15, -0.1) is 0 Å². The predicted molar refractivity (Wildman–Crippen MR) is 155 cm³/mol. The smallest absolute Gasteiger partial charge is 0.247 e. The van der Waals surface area contributed by atoms with E-state index in [0.717, 1.165) is 59.0 Å². The van der Waals surface area contributed by atoms with Crippen molar-refractivity contribution >= 4 is 28.4 Å². The quantitative estimate of drug-likeness (QED) is 0.308. The van der Waals surface area contributed by atoms with Gasteiger partial charge in [-0.25, -0.2) is 0 Å². The molecular formula is C32H37N5O2. The van der Waals surface area contributed by atoms with Gasteiger partial charge in [-0.1, -0.05) is 55.7 Å². The Morgan fingerprint density at radius 3 is 2.49 bits per heavy atom. The molecule has 0 aliphatic heterocycles. The van der Waals surface area contributed by atoms with Crippen molar-refractivity contribution in [2.24, 2.45) is 0 Å². The van der Waals surface area contributed by atoms with Gasteiger partial charge in [-0.05, 0) is 53.8 Å². The van der Waals surface area contributed by atoms with Gasteiger partial charge < -0.3 is 20.1 Å². The predicted octanol–water partition coefficient (Wildman–Crippen LogP) is 5.39. The first-order chi connectivity index (χ1) is 19.0. The van der Waals surface area contributed by atoms with Gasteiger partial charge in [0.1, 0.15) is 6.04 Å². The molecule has 0 radical (unpaired) electrons. The van der Waals surface area contributed by atoms with E-state index in [4.69, 9.17) is 0 Å². The highest BCUT2D eigenvalue weighted by Gasteiger charge is 2.33. The molecule has 4 aromatic rings. The molecule has 5 rings (SSSR count). The van der Waals surface area contributed by atoms with Crippen LogP contribution in [0.15, 0.2) is 79.3 Å². The fourth-order valence-corrected chi connectivity index (χ4v) is 5.51. The van der Waals surface area contributed by atoms with Crippen molar-refractivity contribution in [1.82, 2.24) is 20.2 Å². The topological polar surface area (TPSA) is 81.3 Å². The molecule has 0 saturated heterocycles. The number of anilines is 1. The molecule has 1 saturated carbocycles. The molecule has 7 nitrogen and oxygen atoms in total. The van der Waals surface area contributed by atoms with Crippen molar-refractivity contribution in [2.45, 2.75) is 57.2 Å². The van der Waals surface area contributed by atoms with Gasteiger partial charge in [0.05, 0.1) is 6.42 Å². The fourth-order valence-electron chi connectivity index (χ4n) is 5.51. The second-order valence-corrected chi connectivity index (χ2v) is 10.7. The number of aromatic amines is 1. The summed E-state index contributed by atoms with van der Waals surface area (Å²) in [7, 11) is 3.98. The highest BCUT2D eigenvalue weighted by molar-refractivity contribution is 5.92. The minimum Gasteiger partial charge on any atom is -0.378 e. The monoisotopic (exact) mass is 523 g/mol. The van der Waals surface area contributed by atoms with Crippen LogP contribution in [0.4, 0.5) is 5.69 Å². The molecule has 7 heteroatoms. The van der Waals surface area contributed by atoms with Crippen LogP contribution >= 0.6 is 0 Å². The number of benzene rings is 2. The average molecular weight is 524 g/mol. The van der Waals surface area contributed by atoms with Crippen LogP contribution in [0, 0.1) is 0 Å². The van der Waals surface area contributed by atoms with Gasteiger partial charge >= 0.3 is 0 Å². The number of pyridine rings is 1. The molecule has 1 fully saturated rings. The summed E-state index contributed by atoms with van der Waals surface area (Å²) in [6.45, 7) is 0.285. The Morgan fingerprint density at radius 2 is 1.77 bits per heavy atom. The van der Waals surface area contributed by atoms with E-state index in [1.165, 1.54) is 6.42 Å². The van der Waals surface area contributed by atoms with E-state index in [2.05, 4.69) is 15.3 Å². The number of nitrogens with zero attached hydrogens (tertiary/aromatic N) is 3. The number of fused-ring (bicyclic) bond motifs is 1. The van der Waals surface area contributed by atoms with Gasteiger partial charge in [0.25, 0.3) is 0 Å². The summed E-state index contributed by atoms with van der Waals surface area (Å²) < 4.78 is 0. The first-order valence-electron chi connectivity index (χ1n) is 13.8. The molecule has 2 heterocycles. The van der Waals surface area contributed by atoms with Crippen molar-refractivity contribution in [2.75, 3.05) is 19.0 Å². The summed E-state index contributed by atoms with van der Waals surface area (Å²) in [6, 6.07) is 19.1. The van der Waals surface area contributed by atoms with Gasteiger partial charge in [0, 0.05) is 61.9 Å². The van der Waals surface area contributed by atoms with E-state index in [0.29, 0.717) is 0 Å². The van der Waals surface area contributed by atoms with Crippen molar-refractivity contribution in [3.63, 3.8) is 0 Å². The molecule has 2 N–H and O–H groups in total. The van der Waals surface area contributed by atoms with E-state index in [1.807, 2.05) is 85.9 Å². The number of hydrogen-bond donors (Lipinski definition) is 2. The van der Waals surface area contributed by atoms with Crippen LogP contribution in [0.3, 0.4) is 0 Å². The number of hydrogen-bond acceptors (Lipinski definition) is 4. The number of para-hydroxylation sites is 1. The average Bonchev–Trinajstić information content (AvgIpc) is 3.36. The van der Waals surface area contributed by atoms with E-state index in [1.54, 1.807) is 17.3 Å². The maximum Gasteiger partial charge on any atom is 0.247 e. The Hall–Kier alpha value is -4.13. The third kappa shape index (κ3) is 6.30. The Morgan fingerprint density at radius 1 is 1.00 bits per heavy atom. The van der Waals surface area contributed by atoms with Gasteiger partial charge in [-0.3, -0.25) is 14.6 Å². The van der Waals surface area contributed by atoms with E-state index in [-0.39, 0.29) is 30.8 Å². The molecule has 2 aromatic heterocycles. The van der Waals surface area contributed by atoms with Crippen molar-refractivity contribution in [1.29, 1.82) is 0 Å². The summed E-state index contributed by atoms with van der Waals surface area (Å²) in [4.78, 5) is 39.5. The Labute approximate surface area is 230 Å². The highest BCUT2D eigenvalue weighted by atomic mass is 16.2. The number of carbonyl (C=O) groups is 2. The molecule has 0 bridgehead atoms. The van der Waals surface area contributed by atoms with Crippen LogP contribution < -0.4 is 10.2 Å².